The maximum Gasteiger partial charge on any atom is 0.410 e. The van der Waals surface area contributed by atoms with E-state index in [1.807, 2.05) is 41.5 Å². The lowest BCUT2D eigenvalue weighted by Crippen LogP contribution is -2.71. The average Bonchev–Trinajstić information content (AvgIpc) is 3.38. The van der Waals surface area contributed by atoms with Gasteiger partial charge in [0.05, 0.1) is 11.7 Å². The molecule has 53 heavy (non-hydrogen) atoms. The predicted molar refractivity (Wildman–Crippen MR) is 214 cm³/mol. The van der Waals surface area contributed by atoms with Crippen molar-refractivity contribution < 1.29 is 29.3 Å². The summed E-state index contributed by atoms with van der Waals surface area (Å²) in [5, 5.41) is 30.4. The Labute approximate surface area is 323 Å². The fraction of sp³-hybridized carbons (Fsp3) is 0.955. The topological polar surface area (TPSA) is 120 Å². The SMILES string of the molecule is CC(C)CCC[C@@H](C)[C@H]1CC[C@H]2[C@@H]3C[C@@H](NCCCN(CCCCNC(=O)OC(C)(C)C)C(=O)OC(C)(C)C)[C@@]4(O)C[C@@H](O)CC[C@]4(C)[C@H]3CC[C@]12C. The predicted octanol–water partition coefficient (Wildman–Crippen LogP) is 9.08. The van der Waals surface area contributed by atoms with Crippen molar-refractivity contribution in [1.82, 2.24) is 15.5 Å². The molecule has 0 radical (unpaired) electrons. The van der Waals surface area contributed by atoms with Crippen LogP contribution in [0.25, 0.3) is 0 Å². The van der Waals surface area contributed by atoms with Crippen molar-refractivity contribution in [2.45, 2.75) is 195 Å². The van der Waals surface area contributed by atoms with Crippen molar-refractivity contribution in [3.05, 3.63) is 0 Å². The minimum atomic E-state index is -0.965. The number of aliphatic hydroxyl groups excluding tert-OH is 1. The van der Waals surface area contributed by atoms with Crippen molar-refractivity contribution in [3.8, 4) is 0 Å². The van der Waals surface area contributed by atoms with E-state index in [2.05, 4.69) is 45.3 Å². The zero-order chi connectivity index (χ0) is 39.4. The number of amides is 2. The van der Waals surface area contributed by atoms with E-state index in [1.54, 1.807) is 4.90 Å². The van der Waals surface area contributed by atoms with E-state index >= 15 is 0 Å². The summed E-state index contributed by atoms with van der Waals surface area (Å²) in [5.74, 6) is 4.05. The summed E-state index contributed by atoms with van der Waals surface area (Å²) in [4.78, 5) is 27.1. The first kappa shape index (κ1) is 44.1. The largest absolute Gasteiger partial charge is 0.444 e. The number of rotatable bonds is 15. The molecule has 0 heterocycles. The van der Waals surface area contributed by atoms with Crippen LogP contribution in [0.5, 0.6) is 0 Å². The van der Waals surface area contributed by atoms with Gasteiger partial charge >= 0.3 is 12.2 Å². The molecule has 0 aromatic carbocycles. The molecule has 308 valence electrons. The molecule has 0 unspecified atom stereocenters. The number of fused-ring (bicyclic) bond motifs is 5. The van der Waals surface area contributed by atoms with Crippen molar-refractivity contribution in [2.75, 3.05) is 26.2 Å². The number of carbonyl (C=O) groups is 2. The molecule has 9 nitrogen and oxygen atoms in total. The fourth-order valence-corrected chi connectivity index (χ4v) is 11.7. The van der Waals surface area contributed by atoms with Crippen LogP contribution in [0.1, 0.15) is 166 Å². The highest BCUT2D eigenvalue weighted by atomic mass is 16.6. The van der Waals surface area contributed by atoms with E-state index in [4.69, 9.17) is 9.47 Å². The van der Waals surface area contributed by atoms with Crippen LogP contribution in [0.2, 0.25) is 0 Å². The highest BCUT2D eigenvalue weighted by Gasteiger charge is 2.67. The van der Waals surface area contributed by atoms with Gasteiger partial charge < -0.3 is 35.2 Å². The molecular formula is C44H81N3O6. The van der Waals surface area contributed by atoms with E-state index in [0.29, 0.717) is 62.2 Å². The third-order valence-corrected chi connectivity index (χ3v) is 14.2. The number of nitrogens with zero attached hydrogens (tertiary/aromatic N) is 1. The molecule has 0 aromatic rings. The molecule has 0 spiro atoms. The van der Waals surface area contributed by atoms with E-state index < -0.39 is 29.0 Å². The van der Waals surface area contributed by atoms with E-state index in [9.17, 15) is 19.8 Å². The third-order valence-electron chi connectivity index (χ3n) is 14.2. The molecule has 4 aliphatic rings. The Morgan fingerprint density at radius 2 is 1.51 bits per heavy atom. The van der Waals surface area contributed by atoms with Crippen molar-refractivity contribution in [1.29, 1.82) is 0 Å². The number of unbranched alkanes of at least 4 members (excludes halogenated alkanes) is 1. The average molecular weight is 748 g/mol. The van der Waals surface area contributed by atoms with Crippen LogP contribution in [0.15, 0.2) is 0 Å². The quantitative estimate of drug-likeness (QED) is 0.123. The lowest BCUT2D eigenvalue weighted by atomic mass is 9.42. The number of alkyl carbamates (subject to hydrolysis) is 1. The van der Waals surface area contributed by atoms with Crippen LogP contribution in [0, 0.1) is 46.3 Å². The number of aliphatic hydroxyl groups is 2. The maximum absolute atomic E-state index is 13.3. The standard InChI is InChI=1S/C44H81N3O6/c1-30(2)16-14-17-31(3)34-18-19-35-33-28-37(44(51)29-32(48)20-23-43(44,11)36(33)21-22-42(34,35)10)45-25-15-27-47(39(50)53-41(7,8)9)26-13-12-24-46-38(49)52-40(4,5)6/h30-37,45,48,51H,12-29H2,1-11H3,(H,46,49)/t31-,32+,33+,34-,35+,36+,37-,42-,43-,44+/m1/s1. The van der Waals surface area contributed by atoms with Crippen molar-refractivity contribution in [2.24, 2.45) is 46.3 Å². The summed E-state index contributed by atoms with van der Waals surface area (Å²) in [7, 11) is 0. The molecule has 0 aromatic heterocycles. The van der Waals surface area contributed by atoms with Gasteiger partial charge in [0.2, 0.25) is 0 Å². The number of ether oxygens (including phenoxy) is 2. The number of nitrogens with one attached hydrogen (secondary N) is 2. The summed E-state index contributed by atoms with van der Waals surface area (Å²) in [5.41, 5.74) is -1.98. The maximum atomic E-state index is 13.3. The van der Waals surface area contributed by atoms with Gasteiger partial charge in [0.25, 0.3) is 0 Å². The normalized spacial score (nSPS) is 34.8. The Bertz CT molecular complexity index is 1200. The molecular weight excluding hydrogens is 666 g/mol. The Hall–Kier alpha value is -1.58. The molecule has 4 rings (SSSR count). The smallest absolute Gasteiger partial charge is 0.410 e. The zero-order valence-corrected chi connectivity index (χ0v) is 35.8. The van der Waals surface area contributed by atoms with Gasteiger partial charge in [0, 0.05) is 37.5 Å². The highest BCUT2D eigenvalue weighted by Crippen LogP contribution is 2.69. The summed E-state index contributed by atoms with van der Waals surface area (Å²) < 4.78 is 11.1. The molecule has 10 atom stereocenters. The van der Waals surface area contributed by atoms with E-state index in [-0.39, 0.29) is 17.6 Å². The van der Waals surface area contributed by atoms with Crippen LogP contribution in [-0.4, -0.2) is 82.4 Å². The monoisotopic (exact) mass is 748 g/mol. The first-order valence-electron chi connectivity index (χ1n) is 21.7. The molecule has 4 N–H and O–H groups in total. The Balaban J connectivity index is 1.41. The van der Waals surface area contributed by atoms with E-state index in [0.717, 1.165) is 49.9 Å². The second kappa shape index (κ2) is 17.7. The number of hydrogen-bond donors (Lipinski definition) is 4. The van der Waals surface area contributed by atoms with Crippen LogP contribution >= 0.6 is 0 Å². The van der Waals surface area contributed by atoms with Gasteiger partial charge in [-0.2, -0.15) is 0 Å². The van der Waals surface area contributed by atoms with Gasteiger partial charge in [-0.1, -0.05) is 53.9 Å². The number of carbonyl (C=O) groups excluding carboxylic acids is 2. The van der Waals surface area contributed by atoms with Gasteiger partial charge in [-0.25, -0.2) is 9.59 Å². The summed E-state index contributed by atoms with van der Waals surface area (Å²) in [6, 6.07) is -0.0949. The Kier molecular flexibility index (Phi) is 14.7. The zero-order valence-electron chi connectivity index (χ0n) is 35.8. The van der Waals surface area contributed by atoms with Crippen LogP contribution in [0.3, 0.4) is 0 Å². The van der Waals surface area contributed by atoms with Gasteiger partial charge in [0.1, 0.15) is 11.2 Å². The minimum absolute atomic E-state index is 0.0949. The molecule has 4 saturated carbocycles. The first-order chi connectivity index (χ1) is 24.6. The second-order valence-electron chi connectivity index (χ2n) is 20.8. The van der Waals surface area contributed by atoms with Crippen LogP contribution in [-0.2, 0) is 9.47 Å². The molecule has 0 aliphatic heterocycles. The summed E-state index contributed by atoms with van der Waals surface area (Å²) in [6.45, 7) is 25.6. The van der Waals surface area contributed by atoms with Gasteiger partial charge in [-0.3, -0.25) is 0 Å². The van der Waals surface area contributed by atoms with Crippen molar-refractivity contribution >= 4 is 12.2 Å². The third kappa shape index (κ3) is 10.8. The lowest BCUT2D eigenvalue weighted by Gasteiger charge is -2.66. The summed E-state index contributed by atoms with van der Waals surface area (Å²) in [6.07, 6.45) is 13.1. The molecule has 4 aliphatic carbocycles. The fourth-order valence-electron chi connectivity index (χ4n) is 11.7. The van der Waals surface area contributed by atoms with Crippen LogP contribution < -0.4 is 10.6 Å². The number of hydrogen-bond acceptors (Lipinski definition) is 7. The summed E-state index contributed by atoms with van der Waals surface area (Å²) >= 11 is 0. The van der Waals surface area contributed by atoms with Crippen molar-refractivity contribution in [3.63, 3.8) is 0 Å². The van der Waals surface area contributed by atoms with Gasteiger partial charge in [-0.15, -0.1) is 0 Å². The molecule has 9 heteroatoms. The lowest BCUT2D eigenvalue weighted by molar-refractivity contribution is -0.234. The first-order valence-corrected chi connectivity index (χ1v) is 21.7. The minimum Gasteiger partial charge on any atom is -0.444 e. The second-order valence-corrected chi connectivity index (χ2v) is 20.8. The van der Waals surface area contributed by atoms with E-state index in [1.165, 1.54) is 44.9 Å². The Morgan fingerprint density at radius 3 is 2.17 bits per heavy atom. The van der Waals surface area contributed by atoms with Crippen LogP contribution in [0.4, 0.5) is 9.59 Å². The Morgan fingerprint density at radius 1 is 0.830 bits per heavy atom. The van der Waals surface area contributed by atoms with Gasteiger partial charge in [0.15, 0.2) is 0 Å². The van der Waals surface area contributed by atoms with Gasteiger partial charge in [-0.05, 0) is 153 Å². The highest BCUT2D eigenvalue weighted by molar-refractivity contribution is 5.68. The molecule has 4 fully saturated rings. The molecule has 0 bridgehead atoms. The molecule has 0 saturated heterocycles. The molecule has 2 amide bonds.